The van der Waals surface area contributed by atoms with Crippen LogP contribution in [0.4, 0.5) is 0 Å². The Morgan fingerprint density at radius 2 is 2.03 bits per heavy atom. The highest BCUT2D eigenvalue weighted by atomic mass is 16.6. The summed E-state index contributed by atoms with van der Waals surface area (Å²) in [4.78, 5) is 47.5. The normalized spacial score (nSPS) is 18.2. The van der Waals surface area contributed by atoms with Gasteiger partial charge in [0.1, 0.15) is 6.04 Å². The molecule has 4 atom stereocenters. The van der Waals surface area contributed by atoms with Crippen LogP contribution >= 0.6 is 0 Å². The molecule has 0 radical (unpaired) electrons. The third-order valence-corrected chi connectivity index (χ3v) is 5.17. The van der Waals surface area contributed by atoms with E-state index in [0.29, 0.717) is 38.7 Å². The second kappa shape index (κ2) is 14.3. The predicted molar refractivity (Wildman–Crippen MR) is 110 cm³/mol. The topological polar surface area (TPSA) is 132 Å². The molecule has 0 aromatic heterocycles. The number of nitrogens with one attached hydrogen (secondary N) is 1. The first kappa shape index (κ1) is 26.3. The standard InChI is InChI=1S/C22H32N2O7/c1-4-16(21(27)31-22(28)18-8-9-19(25)24-18)12-15(14-30-20(26)6-3)13-17(5-2)29-11-7-10-23/h6,15-18H,3-5,7-9,11-14H2,1-2H3,(H,24,25). The van der Waals surface area contributed by atoms with Crippen molar-refractivity contribution < 1.29 is 33.4 Å². The summed E-state index contributed by atoms with van der Waals surface area (Å²) in [6.07, 6.45) is 3.69. The molecule has 0 bridgehead atoms. The molecule has 9 heteroatoms. The van der Waals surface area contributed by atoms with Gasteiger partial charge in [0.05, 0.1) is 37.7 Å². The maximum Gasteiger partial charge on any atom is 0.336 e. The first-order chi connectivity index (χ1) is 14.8. The SMILES string of the molecule is C=CC(=O)OCC(CC(CC)OCCC#N)CC(CC)C(=O)OC(=O)C1CCC(=O)N1. The Kier molecular flexibility index (Phi) is 12.1. The average Bonchev–Trinajstić information content (AvgIpc) is 3.20. The van der Waals surface area contributed by atoms with Crippen molar-refractivity contribution in [1.82, 2.24) is 5.32 Å². The van der Waals surface area contributed by atoms with Gasteiger partial charge in [0.2, 0.25) is 5.91 Å². The number of esters is 3. The van der Waals surface area contributed by atoms with Crippen LogP contribution in [0.3, 0.4) is 0 Å². The van der Waals surface area contributed by atoms with Gasteiger partial charge in [-0.1, -0.05) is 20.4 Å². The van der Waals surface area contributed by atoms with Crippen LogP contribution in [0.5, 0.6) is 0 Å². The van der Waals surface area contributed by atoms with Gasteiger partial charge in [-0.15, -0.1) is 0 Å². The molecule has 1 aliphatic rings. The van der Waals surface area contributed by atoms with E-state index in [4.69, 9.17) is 19.5 Å². The molecule has 1 aliphatic heterocycles. The van der Waals surface area contributed by atoms with Crippen LogP contribution < -0.4 is 5.32 Å². The number of carbonyl (C=O) groups is 4. The second-order valence-electron chi connectivity index (χ2n) is 7.48. The van der Waals surface area contributed by atoms with E-state index in [-0.39, 0.29) is 37.4 Å². The Labute approximate surface area is 183 Å². The van der Waals surface area contributed by atoms with Crippen molar-refractivity contribution in [3.63, 3.8) is 0 Å². The van der Waals surface area contributed by atoms with E-state index >= 15 is 0 Å². The van der Waals surface area contributed by atoms with E-state index in [0.717, 1.165) is 6.08 Å². The Morgan fingerprint density at radius 3 is 2.58 bits per heavy atom. The molecule has 0 aromatic carbocycles. The van der Waals surface area contributed by atoms with Gasteiger partial charge in [0, 0.05) is 12.5 Å². The summed E-state index contributed by atoms with van der Waals surface area (Å²) in [5.74, 6) is -3.01. The van der Waals surface area contributed by atoms with Crippen LogP contribution in [0.25, 0.3) is 0 Å². The van der Waals surface area contributed by atoms with E-state index in [1.54, 1.807) is 6.92 Å². The maximum absolute atomic E-state index is 12.6. The third kappa shape index (κ3) is 9.75. The van der Waals surface area contributed by atoms with E-state index < -0.39 is 29.9 Å². The minimum atomic E-state index is -0.795. The summed E-state index contributed by atoms with van der Waals surface area (Å²) in [5.41, 5.74) is 0. The van der Waals surface area contributed by atoms with Gasteiger partial charge < -0.3 is 19.5 Å². The molecule has 0 aliphatic carbocycles. The lowest BCUT2D eigenvalue weighted by Crippen LogP contribution is -2.37. The fourth-order valence-corrected chi connectivity index (χ4v) is 3.36. The number of rotatable bonds is 14. The Morgan fingerprint density at radius 1 is 1.29 bits per heavy atom. The highest BCUT2D eigenvalue weighted by molar-refractivity contribution is 5.93. The van der Waals surface area contributed by atoms with Crippen molar-refractivity contribution in [2.75, 3.05) is 13.2 Å². The van der Waals surface area contributed by atoms with E-state index in [1.807, 2.05) is 13.0 Å². The van der Waals surface area contributed by atoms with Crippen molar-refractivity contribution in [1.29, 1.82) is 5.26 Å². The van der Waals surface area contributed by atoms with Crippen LogP contribution in [0.1, 0.15) is 58.8 Å². The molecule has 9 nitrogen and oxygen atoms in total. The van der Waals surface area contributed by atoms with Crippen molar-refractivity contribution >= 4 is 23.8 Å². The lowest BCUT2D eigenvalue weighted by molar-refractivity contribution is -0.164. The summed E-state index contributed by atoms with van der Waals surface area (Å²) < 4.78 is 15.9. The molecule has 1 heterocycles. The molecule has 1 N–H and O–H groups in total. The number of hydrogen-bond donors (Lipinski definition) is 1. The van der Waals surface area contributed by atoms with Crippen LogP contribution in [-0.4, -0.2) is 49.2 Å². The van der Waals surface area contributed by atoms with Crippen LogP contribution in [-0.2, 0) is 33.4 Å². The van der Waals surface area contributed by atoms with Gasteiger partial charge in [-0.25, -0.2) is 9.59 Å². The molecule has 0 saturated carbocycles. The van der Waals surface area contributed by atoms with E-state index in [9.17, 15) is 19.2 Å². The predicted octanol–water partition coefficient (Wildman–Crippen LogP) is 2.20. The zero-order valence-electron chi connectivity index (χ0n) is 18.3. The van der Waals surface area contributed by atoms with Crippen LogP contribution in [0.2, 0.25) is 0 Å². The largest absolute Gasteiger partial charge is 0.462 e. The Hall–Kier alpha value is -2.73. The van der Waals surface area contributed by atoms with Gasteiger partial charge in [0.15, 0.2) is 0 Å². The lowest BCUT2D eigenvalue weighted by atomic mass is 9.88. The molecule has 1 fully saturated rings. The first-order valence-corrected chi connectivity index (χ1v) is 10.7. The van der Waals surface area contributed by atoms with Crippen LogP contribution in [0.15, 0.2) is 12.7 Å². The molecule has 31 heavy (non-hydrogen) atoms. The number of nitrogens with zero attached hydrogens (tertiary/aromatic N) is 1. The number of hydrogen-bond acceptors (Lipinski definition) is 8. The average molecular weight is 437 g/mol. The number of carbonyl (C=O) groups excluding carboxylic acids is 4. The molecule has 1 saturated heterocycles. The summed E-state index contributed by atoms with van der Waals surface area (Å²) >= 11 is 0. The first-order valence-electron chi connectivity index (χ1n) is 10.7. The van der Waals surface area contributed by atoms with Crippen molar-refractivity contribution in [3.05, 3.63) is 12.7 Å². The van der Waals surface area contributed by atoms with Gasteiger partial charge in [-0.05, 0) is 38.0 Å². The summed E-state index contributed by atoms with van der Waals surface area (Å²) in [7, 11) is 0. The van der Waals surface area contributed by atoms with Gasteiger partial charge >= 0.3 is 17.9 Å². The monoisotopic (exact) mass is 436 g/mol. The van der Waals surface area contributed by atoms with Crippen molar-refractivity contribution in [3.8, 4) is 6.07 Å². The van der Waals surface area contributed by atoms with Crippen molar-refractivity contribution in [2.45, 2.75) is 70.9 Å². The van der Waals surface area contributed by atoms with Crippen LogP contribution in [0, 0.1) is 23.2 Å². The van der Waals surface area contributed by atoms with Gasteiger partial charge in [-0.2, -0.15) is 5.26 Å². The molecule has 0 spiro atoms. The molecular formula is C22H32N2O7. The third-order valence-electron chi connectivity index (χ3n) is 5.17. The highest BCUT2D eigenvalue weighted by Gasteiger charge is 2.33. The molecular weight excluding hydrogens is 404 g/mol. The molecule has 4 unspecified atom stereocenters. The molecule has 1 rings (SSSR count). The zero-order chi connectivity index (χ0) is 23.2. The van der Waals surface area contributed by atoms with Crippen molar-refractivity contribution in [2.24, 2.45) is 11.8 Å². The molecule has 172 valence electrons. The second-order valence-corrected chi connectivity index (χ2v) is 7.48. The number of ether oxygens (including phenoxy) is 3. The Bertz CT molecular complexity index is 686. The summed E-state index contributed by atoms with van der Waals surface area (Å²) in [5, 5.41) is 11.2. The fourth-order valence-electron chi connectivity index (χ4n) is 3.36. The minimum Gasteiger partial charge on any atom is -0.462 e. The highest BCUT2D eigenvalue weighted by Crippen LogP contribution is 2.24. The number of nitriles is 1. The number of amides is 1. The Balaban J connectivity index is 2.74. The quantitative estimate of drug-likeness (QED) is 0.190. The zero-order valence-corrected chi connectivity index (χ0v) is 18.3. The van der Waals surface area contributed by atoms with Gasteiger partial charge in [0.25, 0.3) is 0 Å². The fraction of sp³-hybridized carbons (Fsp3) is 0.682. The molecule has 1 amide bonds. The van der Waals surface area contributed by atoms with E-state index in [2.05, 4.69) is 11.9 Å². The molecule has 0 aromatic rings. The maximum atomic E-state index is 12.6. The van der Waals surface area contributed by atoms with Gasteiger partial charge in [-0.3, -0.25) is 9.59 Å². The minimum absolute atomic E-state index is 0.0688. The smallest absolute Gasteiger partial charge is 0.336 e. The summed E-state index contributed by atoms with van der Waals surface area (Å²) in [6.45, 7) is 7.50. The van der Waals surface area contributed by atoms with E-state index in [1.165, 1.54) is 0 Å². The summed E-state index contributed by atoms with van der Waals surface area (Å²) in [6, 6.07) is 1.23. The lowest BCUT2D eigenvalue weighted by Gasteiger charge is -2.25.